The van der Waals surface area contributed by atoms with Gasteiger partial charge in [-0.3, -0.25) is 0 Å². The van der Waals surface area contributed by atoms with Crippen molar-refractivity contribution in [3.63, 3.8) is 0 Å². The van der Waals surface area contributed by atoms with Crippen molar-refractivity contribution in [3.05, 3.63) is 46.1 Å². The third-order valence-corrected chi connectivity index (χ3v) is 3.49. The molecule has 3 nitrogen and oxygen atoms in total. The zero-order chi connectivity index (χ0) is 12.4. The number of halogens is 2. The van der Waals surface area contributed by atoms with Crippen molar-refractivity contribution in [2.24, 2.45) is 0 Å². The summed E-state index contributed by atoms with van der Waals surface area (Å²) in [4.78, 5) is 7.20. The van der Waals surface area contributed by atoms with Gasteiger partial charge in [0.25, 0.3) is 0 Å². The first kappa shape index (κ1) is 12.0. The number of hydrogen-bond donors (Lipinski definition) is 0. The summed E-state index contributed by atoms with van der Waals surface area (Å²) in [6.07, 6.45) is 1.13. The van der Waals surface area contributed by atoms with Crippen LogP contribution in [0.3, 0.4) is 0 Å². The summed E-state index contributed by atoms with van der Waals surface area (Å²) < 4.78 is 19.4. The highest BCUT2D eigenvalue weighted by Crippen LogP contribution is 2.28. The van der Waals surface area contributed by atoms with E-state index in [0.29, 0.717) is 5.75 Å². The van der Waals surface area contributed by atoms with Crippen molar-refractivity contribution in [2.75, 3.05) is 0 Å². The van der Waals surface area contributed by atoms with Crippen LogP contribution in [0, 0.1) is 19.8 Å². The van der Waals surface area contributed by atoms with E-state index in [9.17, 15) is 4.39 Å². The zero-order valence-electron chi connectivity index (χ0n) is 9.37. The molecule has 2 rings (SSSR count). The quantitative estimate of drug-likeness (QED) is 0.791. The molecule has 0 aliphatic heterocycles. The standard InChI is InChI=1S/C12H10BrFN2O/c1-7-3-9(4-8(2)12(7)13)17-11-5-10(14)15-6-16-11/h3-6H,1-2H3. The molecule has 1 heterocycles. The summed E-state index contributed by atoms with van der Waals surface area (Å²) >= 11 is 3.47. The largest absolute Gasteiger partial charge is 0.439 e. The highest BCUT2D eigenvalue weighted by molar-refractivity contribution is 9.10. The van der Waals surface area contributed by atoms with Gasteiger partial charge in [-0.05, 0) is 37.1 Å². The first-order valence-electron chi connectivity index (χ1n) is 4.98. The Morgan fingerprint density at radius 3 is 2.35 bits per heavy atom. The van der Waals surface area contributed by atoms with Gasteiger partial charge in [0.15, 0.2) is 0 Å². The van der Waals surface area contributed by atoms with Gasteiger partial charge < -0.3 is 4.74 Å². The van der Waals surface area contributed by atoms with E-state index in [-0.39, 0.29) is 5.88 Å². The molecule has 0 bridgehead atoms. The van der Waals surface area contributed by atoms with Crippen LogP contribution in [0.4, 0.5) is 4.39 Å². The molecule has 0 spiro atoms. The van der Waals surface area contributed by atoms with Crippen molar-refractivity contribution in [2.45, 2.75) is 13.8 Å². The average molecular weight is 297 g/mol. The topological polar surface area (TPSA) is 35.0 Å². The molecule has 17 heavy (non-hydrogen) atoms. The second kappa shape index (κ2) is 4.79. The minimum Gasteiger partial charge on any atom is -0.439 e. The van der Waals surface area contributed by atoms with Gasteiger partial charge in [-0.15, -0.1) is 0 Å². The van der Waals surface area contributed by atoms with Crippen LogP contribution < -0.4 is 4.74 Å². The van der Waals surface area contributed by atoms with Gasteiger partial charge >= 0.3 is 0 Å². The first-order chi connectivity index (χ1) is 8.06. The lowest BCUT2D eigenvalue weighted by Gasteiger charge is -2.08. The number of ether oxygens (including phenoxy) is 1. The molecule has 0 aliphatic carbocycles. The SMILES string of the molecule is Cc1cc(Oc2cc(F)ncn2)cc(C)c1Br. The van der Waals surface area contributed by atoms with Gasteiger partial charge in [0.2, 0.25) is 11.8 Å². The molecule has 5 heteroatoms. The van der Waals surface area contributed by atoms with Crippen molar-refractivity contribution >= 4 is 15.9 Å². The Morgan fingerprint density at radius 1 is 1.12 bits per heavy atom. The number of nitrogens with zero attached hydrogens (tertiary/aromatic N) is 2. The van der Waals surface area contributed by atoms with Gasteiger partial charge in [-0.1, -0.05) is 15.9 Å². The predicted molar refractivity (Wildman–Crippen MR) is 65.7 cm³/mol. The minimum atomic E-state index is -0.611. The highest BCUT2D eigenvalue weighted by atomic mass is 79.9. The average Bonchev–Trinajstić information content (AvgIpc) is 2.26. The summed E-state index contributed by atoms with van der Waals surface area (Å²) in [7, 11) is 0. The van der Waals surface area contributed by atoms with Crippen molar-refractivity contribution in [1.82, 2.24) is 9.97 Å². The highest BCUT2D eigenvalue weighted by Gasteiger charge is 2.05. The monoisotopic (exact) mass is 296 g/mol. The molecule has 0 aliphatic rings. The number of aryl methyl sites for hydroxylation is 2. The first-order valence-corrected chi connectivity index (χ1v) is 5.77. The number of hydrogen-bond acceptors (Lipinski definition) is 3. The summed E-state index contributed by atoms with van der Waals surface area (Å²) in [5.74, 6) is 0.209. The predicted octanol–water partition coefficient (Wildman–Crippen LogP) is 3.79. The van der Waals surface area contributed by atoms with Crippen LogP contribution in [0.5, 0.6) is 11.6 Å². The van der Waals surface area contributed by atoms with E-state index in [1.165, 1.54) is 0 Å². The van der Waals surface area contributed by atoms with Gasteiger partial charge in [-0.25, -0.2) is 9.97 Å². The van der Waals surface area contributed by atoms with Crippen LogP contribution in [0.2, 0.25) is 0 Å². The zero-order valence-corrected chi connectivity index (χ0v) is 11.0. The molecule has 2 aromatic rings. The fourth-order valence-electron chi connectivity index (χ4n) is 1.46. The van der Waals surface area contributed by atoms with Crippen molar-refractivity contribution < 1.29 is 9.13 Å². The smallest absolute Gasteiger partial charge is 0.225 e. The molecule has 0 amide bonds. The van der Waals surface area contributed by atoms with Crippen LogP contribution >= 0.6 is 15.9 Å². The second-order valence-electron chi connectivity index (χ2n) is 3.65. The van der Waals surface area contributed by atoms with Crippen LogP contribution in [0.1, 0.15) is 11.1 Å². The summed E-state index contributed by atoms with van der Waals surface area (Å²) in [5.41, 5.74) is 2.10. The maximum atomic E-state index is 12.9. The third kappa shape index (κ3) is 2.79. The van der Waals surface area contributed by atoms with E-state index in [1.807, 2.05) is 26.0 Å². The molecule has 1 aromatic heterocycles. The van der Waals surface area contributed by atoms with Gasteiger partial charge in [-0.2, -0.15) is 4.39 Å². The van der Waals surface area contributed by atoms with Gasteiger partial charge in [0.05, 0.1) is 6.07 Å². The maximum absolute atomic E-state index is 12.9. The molecule has 1 aromatic carbocycles. The van der Waals surface area contributed by atoms with E-state index >= 15 is 0 Å². The summed E-state index contributed by atoms with van der Waals surface area (Å²) in [6, 6.07) is 4.86. The molecule has 0 saturated heterocycles. The van der Waals surface area contributed by atoms with Crippen LogP contribution in [0.25, 0.3) is 0 Å². The lowest BCUT2D eigenvalue weighted by atomic mass is 10.1. The van der Waals surface area contributed by atoms with E-state index < -0.39 is 5.95 Å². The van der Waals surface area contributed by atoms with E-state index in [2.05, 4.69) is 25.9 Å². The molecular formula is C12H10BrFN2O. The van der Waals surface area contributed by atoms with E-state index in [0.717, 1.165) is 28.0 Å². The fourth-order valence-corrected chi connectivity index (χ4v) is 1.69. The fraction of sp³-hybridized carbons (Fsp3) is 0.167. The lowest BCUT2D eigenvalue weighted by Crippen LogP contribution is -1.92. The molecule has 88 valence electrons. The lowest BCUT2D eigenvalue weighted by molar-refractivity contribution is 0.450. The summed E-state index contributed by atoms with van der Waals surface area (Å²) in [6.45, 7) is 3.93. The molecule has 0 N–H and O–H groups in total. The molecule has 0 atom stereocenters. The van der Waals surface area contributed by atoms with Gasteiger partial charge in [0, 0.05) is 4.47 Å². The Morgan fingerprint density at radius 2 is 1.76 bits per heavy atom. The van der Waals surface area contributed by atoms with Crippen molar-refractivity contribution in [1.29, 1.82) is 0 Å². The van der Waals surface area contributed by atoms with Crippen LogP contribution in [-0.2, 0) is 0 Å². The molecule has 0 saturated carbocycles. The Kier molecular flexibility index (Phi) is 3.38. The van der Waals surface area contributed by atoms with Crippen molar-refractivity contribution in [3.8, 4) is 11.6 Å². The Labute approximate surface area is 107 Å². The van der Waals surface area contributed by atoms with Gasteiger partial charge in [0.1, 0.15) is 12.1 Å². The number of aromatic nitrogens is 2. The Hall–Kier alpha value is -1.49. The molecular weight excluding hydrogens is 287 g/mol. The van der Waals surface area contributed by atoms with E-state index in [4.69, 9.17) is 4.74 Å². The Bertz CT molecular complexity index is 537. The van der Waals surface area contributed by atoms with Crippen LogP contribution in [-0.4, -0.2) is 9.97 Å². The number of benzene rings is 1. The molecule has 0 unspecified atom stereocenters. The minimum absolute atomic E-state index is 0.193. The Balaban J connectivity index is 2.31. The maximum Gasteiger partial charge on any atom is 0.225 e. The van der Waals surface area contributed by atoms with Crippen LogP contribution in [0.15, 0.2) is 29.0 Å². The molecule has 0 fully saturated rings. The number of rotatable bonds is 2. The normalized spacial score (nSPS) is 10.4. The second-order valence-corrected chi connectivity index (χ2v) is 4.45. The summed E-state index contributed by atoms with van der Waals surface area (Å²) in [5, 5.41) is 0. The molecule has 0 radical (unpaired) electrons. The van der Waals surface area contributed by atoms with E-state index in [1.54, 1.807) is 0 Å². The third-order valence-electron chi connectivity index (χ3n) is 2.24.